The normalized spacial score (nSPS) is 22.7. The van der Waals surface area contributed by atoms with Gasteiger partial charge in [-0.2, -0.15) is 0 Å². The lowest BCUT2D eigenvalue weighted by atomic mass is 9.99. The van der Waals surface area contributed by atoms with E-state index in [0.29, 0.717) is 12.5 Å². The Labute approximate surface area is 159 Å². The van der Waals surface area contributed by atoms with E-state index in [4.69, 9.17) is 4.99 Å². The summed E-state index contributed by atoms with van der Waals surface area (Å²) in [5, 5.41) is 6.84. The highest BCUT2D eigenvalue weighted by Crippen LogP contribution is 2.16. The standard InChI is InChI=1S/C20H39N5O/c1-4-19(26)25-15-10-18(16-25)23-20(21-5-2)22-11-6-7-12-24-13-8-17(3)9-14-24/h17-18H,4-16H2,1-3H3,(H2,21,22,23). The molecule has 26 heavy (non-hydrogen) atoms. The molecule has 6 nitrogen and oxygen atoms in total. The summed E-state index contributed by atoms with van der Waals surface area (Å²) in [7, 11) is 0. The number of carbonyl (C=O) groups excluding carboxylic acids is 1. The van der Waals surface area contributed by atoms with Gasteiger partial charge in [0.25, 0.3) is 0 Å². The number of guanidine groups is 1. The molecule has 0 aliphatic carbocycles. The lowest BCUT2D eigenvalue weighted by molar-refractivity contribution is -0.129. The predicted octanol–water partition coefficient (Wildman–Crippen LogP) is 2.06. The number of amides is 1. The minimum Gasteiger partial charge on any atom is -0.357 e. The van der Waals surface area contributed by atoms with Crippen LogP contribution in [-0.4, -0.2) is 73.5 Å². The third-order valence-corrected chi connectivity index (χ3v) is 5.56. The highest BCUT2D eigenvalue weighted by atomic mass is 16.2. The molecule has 150 valence electrons. The van der Waals surface area contributed by atoms with Gasteiger partial charge in [-0.1, -0.05) is 13.8 Å². The SMILES string of the molecule is CCNC(=NCCCCN1CCC(C)CC1)NC1CCN(C(=O)CC)C1. The molecule has 2 aliphatic heterocycles. The van der Waals surface area contributed by atoms with Crippen molar-refractivity contribution in [3.8, 4) is 0 Å². The van der Waals surface area contributed by atoms with Gasteiger partial charge >= 0.3 is 0 Å². The third kappa shape index (κ3) is 7.14. The number of unbranched alkanes of at least 4 members (excludes halogenated alkanes) is 1. The molecule has 2 aliphatic rings. The molecular formula is C20H39N5O. The molecule has 6 heteroatoms. The summed E-state index contributed by atoms with van der Waals surface area (Å²) in [4.78, 5) is 21.1. The summed E-state index contributed by atoms with van der Waals surface area (Å²) in [5.74, 6) is 2.06. The maximum Gasteiger partial charge on any atom is 0.222 e. The number of likely N-dealkylation sites (tertiary alicyclic amines) is 2. The van der Waals surface area contributed by atoms with Crippen LogP contribution < -0.4 is 10.6 Å². The molecule has 1 unspecified atom stereocenters. The molecular weight excluding hydrogens is 326 g/mol. The van der Waals surface area contributed by atoms with Crippen molar-refractivity contribution >= 4 is 11.9 Å². The summed E-state index contributed by atoms with van der Waals surface area (Å²) in [6.07, 6.45) is 6.66. The van der Waals surface area contributed by atoms with Crippen LogP contribution in [0.5, 0.6) is 0 Å². The molecule has 1 amide bonds. The zero-order chi connectivity index (χ0) is 18.8. The topological polar surface area (TPSA) is 60.0 Å². The number of rotatable bonds is 8. The van der Waals surface area contributed by atoms with Gasteiger partial charge in [-0.15, -0.1) is 0 Å². The largest absolute Gasteiger partial charge is 0.357 e. The van der Waals surface area contributed by atoms with Crippen LogP contribution in [0.2, 0.25) is 0 Å². The number of nitrogens with zero attached hydrogens (tertiary/aromatic N) is 3. The van der Waals surface area contributed by atoms with Crippen molar-refractivity contribution in [3.05, 3.63) is 0 Å². The first kappa shape index (κ1) is 21.0. The molecule has 0 aromatic rings. The molecule has 1 atom stereocenters. The molecule has 2 rings (SSSR count). The number of aliphatic imine (C=N–C) groups is 1. The number of nitrogens with one attached hydrogen (secondary N) is 2. The zero-order valence-corrected chi connectivity index (χ0v) is 17.1. The van der Waals surface area contributed by atoms with Gasteiger partial charge in [-0.05, 0) is 64.6 Å². The first-order valence-corrected chi connectivity index (χ1v) is 10.7. The Balaban J connectivity index is 1.65. The van der Waals surface area contributed by atoms with Crippen LogP contribution >= 0.6 is 0 Å². The fourth-order valence-corrected chi connectivity index (χ4v) is 3.77. The Morgan fingerprint density at radius 2 is 1.88 bits per heavy atom. The zero-order valence-electron chi connectivity index (χ0n) is 17.1. The first-order valence-electron chi connectivity index (χ1n) is 10.7. The van der Waals surface area contributed by atoms with E-state index in [1.54, 1.807) is 0 Å². The van der Waals surface area contributed by atoms with Gasteiger partial charge in [-0.3, -0.25) is 9.79 Å². The Morgan fingerprint density at radius 1 is 1.12 bits per heavy atom. The second kappa shape index (κ2) is 11.4. The highest BCUT2D eigenvalue weighted by Gasteiger charge is 2.25. The van der Waals surface area contributed by atoms with Gasteiger partial charge in [0.2, 0.25) is 5.91 Å². The van der Waals surface area contributed by atoms with E-state index in [1.807, 2.05) is 11.8 Å². The number of hydrogen-bond acceptors (Lipinski definition) is 3. The molecule has 0 radical (unpaired) electrons. The Kier molecular flexibility index (Phi) is 9.23. The molecule has 0 aromatic heterocycles. The van der Waals surface area contributed by atoms with Crippen molar-refractivity contribution < 1.29 is 4.79 Å². The van der Waals surface area contributed by atoms with Crippen molar-refractivity contribution in [1.29, 1.82) is 0 Å². The van der Waals surface area contributed by atoms with E-state index in [9.17, 15) is 4.79 Å². The van der Waals surface area contributed by atoms with Crippen molar-refractivity contribution in [3.63, 3.8) is 0 Å². The molecule has 0 saturated carbocycles. The average molecular weight is 366 g/mol. The van der Waals surface area contributed by atoms with E-state index >= 15 is 0 Å². The summed E-state index contributed by atoms with van der Waals surface area (Å²) in [5.41, 5.74) is 0. The molecule has 2 saturated heterocycles. The maximum absolute atomic E-state index is 11.8. The highest BCUT2D eigenvalue weighted by molar-refractivity contribution is 5.80. The van der Waals surface area contributed by atoms with Gasteiger partial charge in [0.1, 0.15) is 0 Å². The second-order valence-electron chi connectivity index (χ2n) is 7.82. The molecule has 2 fully saturated rings. The average Bonchev–Trinajstić information content (AvgIpc) is 3.11. The maximum atomic E-state index is 11.8. The molecule has 0 aromatic carbocycles. The fraction of sp³-hybridized carbons (Fsp3) is 0.900. The minimum atomic E-state index is 0.253. The van der Waals surface area contributed by atoms with Gasteiger partial charge in [0.05, 0.1) is 0 Å². The molecule has 2 heterocycles. The summed E-state index contributed by atoms with van der Waals surface area (Å²) in [6.45, 7) is 13.5. The van der Waals surface area contributed by atoms with E-state index in [0.717, 1.165) is 50.9 Å². The van der Waals surface area contributed by atoms with Gasteiger partial charge < -0.3 is 20.4 Å². The summed E-state index contributed by atoms with van der Waals surface area (Å²) >= 11 is 0. The Hall–Kier alpha value is -1.30. The molecule has 0 bridgehead atoms. The van der Waals surface area contributed by atoms with Crippen LogP contribution in [0.4, 0.5) is 0 Å². The molecule has 0 spiro atoms. The first-order chi connectivity index (χ1) is 12.6. The fourth-order valence-electron chi connectivity index (χ4n) is 3.77. The predicted molar refractivity (Wildman–Crippen MR) is 108 cm³/mol. The van der Waals surface area contributed by atoms with E-state index in [-0.39, 0.29) is 5.91 Å². The Morgan fingerprint density at radius 3 is 2.58 bits per heavy atom. The molecule has 2 N–H and O–H groups in total. The quantitative estimate of drug-likeness (QED) is 0.393. The van der Waals surface area contributed by atoms with Gasteiger partial charge in [0, 0.05) is 38.6 Å². The van der Waals surface area contributed by atoms with Crippen LogP contribution in [0.25, 0.3) is 0 Å². The van der Waals surface area contributed by atoms with Crippen LogP contribution in [-0.2, 0) is 4.79 Å². The lowest BCUT2D eigenvalue weighted by Gasteiger charge is -2.30. The van der Waals surface area contributed by atoms with Crippen LogP contribution in [0.3, 0.4) is 0 Å². The van der Waals surface area contributed by atoms with E-state index in [1.165, 1.54) is 38.9 Å². The number of hydrogen-bond donors (Lipinski definition) is 2. The lowest BCUT2D eigenvalue weighted by Crippen LogP contribution is -2.45. The van der Waals surface area contributed by atoms with E-state index in [2.05, 4.69) is 29.4 Å². The second-order valence-corrected chi connectivity index (χ2v) is 7.82. The van der Waals surface area contributed by atoms with Crippen LogP contribution in [0, 0.1) is 5.92 Å². The van der Waals surface area contributed by atoms with Crippen molar-refractivity contribution in [2.24, 2.45) is 10.9 Å². The summed E-state index contributed by atoms with van der Waals surface area (Å²) < 4.78 is 0. The van der Waals surface area contributed by atoms with Crippen molar-refractivity contribution in [2.75, 3.05) is 45.8 Å². The van der Waals surface area contributed by atoms with Crippen LogP contribution in [0.15, 0.2) is 4.99 Å². The number of carbonyl (C=O) groups is 1. The third-order valence-electron chi connectivity index (χ3n) is 5.56. The number of piperidine rings is 1. The Bertz CT molecular complexity index is 445. The van der Waals surface area contributed by atoms with Crippen molar-refractivity contribution in [2.45, 2.75) is 65.3 Å². The van der Waals surface area contributed by atoms with Gasteiger partial charge in [-0.25, -0.2) is 0 Å². The monoisotopic (exact) mass is 365 g/mol. The van der Waals surface area contributed by atoms with Crippen LogP contribution in [0.1, 0.15) is 59.3 Å². The van der Waals surface area contributed by atoms with Crippen molar-refractivity contribution in [1.82, 2.24) is 20.4 Å². The van der Waals surface area contributed by atoms with E-state index < -0.39 is 0 Å². The minimum absolute atomic E-state index is 0.253. The smallest absolute Gasteiger partial charge is 0.222 e. The summed E-state index contributed by atoms with van der Waals surface area (Å²) in [6, 6.07) is 0.318. The van der Waals surface area contributed by atoms with Gasteiger partial charge in [0.15, 0.2) is 5.96 Å².